The molecule has 0 aliphatic carbocycles. The summed E-state index contributed by atoms with van der Waals surface area (Å²) in [4.78, 5) is 3.23. The average Bonchev–Trinajstić information content (AvgIpc) is 2.37. The highest BCUT2D eigenvalue weighted by atomic mass is 32.2. The van der Waals surface area contributed by atoms with Crippen molar-refractivity contribution in [3.05, 3.63) is 24.3 Å². The largest absolute Gasteiger partial charge is 0.497 e. The normalized spacial score (nSPS) is 15.3. The Morgan fingerprint density at radius 2 is 2.11 bits per heavy atom. The van der Waals surface area contributed by atoms with E-state index in [9.17, 15) is 4.21 Å². The van der Waals surface area contributed by atoms with Gasteiger partial charge in [-0.3, -0.25) is 0 Å². The van der Waals surface area contributed by atoms with Crippen LogP contribution in [-0.2, 0) is 11.0 Å². The van der Waals surface area contributed by atoms with Crippen molar-refractivity contribution in [2.24, 2.45) is 5.10 Å². The van der Waals surface area contributed by atoms with Crippen molar-refractivity contribution in [2.75, 3.05) is 7.11 Å². The number of ether oxygens (including phenoxy) is 1. The fourth-order valence-electron chi connectivity index (χ4n) is 1.55. The fourth-order valence-corrected chi connectivity index (χ4v) is 2.25. The van der Waals surface area contributed by atoms with Crippen LogP contribution in [0, 0.1) is 11.2 Å². The molecule has 1 aliphatic heterocycles. The summed E-state index contributed by atoms with van der Waals surface area (Å²) in [6.07, 6.45) is 1.34. The highest BCUT2D eigenvalue weighted by Gasteiger charge is 2.29. The van der Waals surface area contributed by atoms with Gasteiger partial charge in [0, 0.05) is 11.7 Å². The van der Waals surface area contributed by atoms with Gasteiger partial charge in [0.05, 0.1) is 12.0 Å². The quantitative estimate of drug-likeness (QED) is 0.654. The summed E-state index contributed by atoms with van der Waals surface area (Å²) in [6.45, 7) is 0.0694. The number of hydrogen-bond donors (Lipinski definition) is 1. The molecule has 1 heterocycles. The van der Waals surface area contributed by atoms with Crippen molar-refractivity contribution in [3.8, 4) is 11.7 Å². The third-order valence-electron chi connectivity index (χ3n) is 2.71. The molecule has 1 aromatic carbocycles. The minimum absolute atomic E-state index is 0.0694. The Labute approximate surface area is 109 Å². The van der Waals surface area contributed by atoms with E-state index in [-0.39, 0.29) is 6.71 Å². The Morgan fingerprint density at radius 1 is 1.44 bits per heavy atom. The first-order valence-corrected chi connectivity index (χ1v) is 6.64. The van der Waals surface area contributed by atoms with E-state index in [2.05, 4.69) is 15.9 Å². The third kappa shape index (κ3) is 2.90. The topological polar surface area (TPSA) is 74.5 Å². The van der Waals surface area contributed by atoms with E-state index in [0.717, 1.165) is 11.5 Å². The zero-order valence-electron chi connectivity index (χ0n) is 9.92. The summed E-state index contributed by atoms with van der Waals surface area (Å²) in [7, 11) is 0.211. The van der Waals surface area contributed by atoms with Gasteiger partial charge in [0.25, 0.3) is 6.71 Å². The molecule has 1 N–H and O–H groups in total. The third-order valence-corrected chi connectivity index (χ3v) is 3.66. The standard InChI is InChI=1S/C11H12BN3O2S/c1-17-10-2-4-11(5-3-10)18(16)15-14-9-6-12(7-9)8-13/h2-5,15H,6-7H2,1H3. The van der Waals surface area contributed by atoms with Crippen LogP contribution in [0.15, 0.2) is 34.3 Å². The van der Waals surface area contributed by atoms with Crippen molar-refractivity contribution < 1.29 is 8.95 Å². The van der Waals surface area contributed by atoms with E-state index in [4.69, 9.17) is 10.00 Å². The van der Waals surface area contributed by atoms with Crippen LogP contribution in [0.3, 0.4) is 0 Å². The summed E-state index contributed by atoms with van der Waals surface area (Å²) >= 11 is 0. The van der Waals surface area contributed by atoms with E-state index >= 15 is 0 Å². The summed E-state index contributed by atoms with van der Waals surface area (Å²) in [5, 5.41) is 12.6. The van der Waals surface area contributed by atoms with Gasteiger partial charge in [-0.1, -0.05) is 0 Å². The van der Waals surface area contributed by atoms with Crippen LogP contribution in [-0.4, -0.2) is 23.7 Å². The lowest BCUT2D eigenvalue weighted by atomic mass is 9.36. The molecule has 0 spiro atoms. The van der Waals surface area contributed by atoms with Crippen LogP contribution >= 0.6 is 0 Å². The molecule has 1 aliphatic rings. The molecular formula is C11H12BN3O2S. The van der Waals surface area contributed by atoms with Gasteiger partial charge < -0.3 is 4.74 Å². The van der Waals surface area contributed by atoms with Crippen LogP contribution in [0.1, 0.15) is 0 Å². The van der Waals surface area contributed by atoms with E-state index < -0.39 is 11.0 Å². The van der Waals surface area contributed by atoms with Gasteiger partial charge in [0.15, 0.2) is 11.0 Å². The lowest BCUT2D eigenvalue weighted by molar-refractivity contribution is 0.414. The smallest absolute Gasteiger partial charge is 0.279 e. The van der Waals surface area contributed by atoms with Crippen LogP contribution in [0.2, 0.25) is 12.6 Å². The number of rotatable bonds is 4. The molecular weight excluding hydrogens is 249 g/mol. The molecule has 1 aromatic rings. The maximum atomic E-state index is 11.8. The van der Waals surface area contributed by atoms with Gasteiger partial charge in [0.2, 0.25) is 0 Å². The Morgan fingerprint density at radius 3 is 2.67 bits per heavy atom. The predicted molar refractivity (Wildman–Crippen MR) is 71.0 cm³/mol. The molecule has 1 fully saturated rings. The molecule has 0 radical (unpaired) electrons. The van der Waals surface area contributed by atoms with Crippen LogP contribution in [0.25, 0.3) is 0 Å². The molecule has 1 atom stereocenters. The molecule has 2 rings (SSSR count). The van der Waals surface area contributed by atoms with Crippen molar-refractivity contribution >= 4 is 23.4 Å². The number of hydrogen-bond acceptors (Lipinski definition) is 4. The van der Waals surface area contributed by atoms with Crippen LogP contribution in [0.5, 0.6) is 5.75 Å². The van der Waals surface area contributed by atoms with Gasteiger partial charge in [-0.05, 0) is 36.9 Å². The number of nitriles is 1. The Balaban J connectivity index is 1.90. The molecule has 0 aromatic heterocycles. The van der Waals surface area contributed by atoms with Gasteiger partial charge in [-0.15, -0.1) is 0 Å². The number of nitrogens with one attached hydrogen (secondary N) is 1. The predicted octanol–water partition coefficient (Wildman–Crippen LogP) is 1.23. The Kier molecular flexibility index (Phi) is 4.00. The maximum absolute atomic E-state index is 11.8. The maximum Gasteiger partial charge on any atom is 0.279 e. The molecule has 18 heavy (non-hydrogen) atoms. The number of benzene rings is 1. The molecule has 1 saturated heterocycles. The molecule has 0 saturated carbocycles. The monoisotopic (exact) mass is 261 g/mol. The minimum atomic E-state index is -1.37. The van der Waals surface area contributed by atoms with Crippen molar-refractivity contribution in [1.29, 1.82) is 5.26 Å². The lowest BCUT2D eigenvalue weighted by Crippen LogP contribution is -2.32. The first-order valence-electron chi connectivity index (χ1n) is 5.49. The molecule has 1 unspecified atom stereocenters. The summed E-state index contributed by atoms with van der Waals surface area (Å²) < 4.78 is 16.8. The molecule has 0 bridgehead atoms. The average molecular weight is 261 g/mol. The number of hydrazone groups is 1. The first kappa shape index (κ1) is 12.6. The van der Waals surface area contributed by atoms with Crippen molar-refractivity contribution in [1.82, 2.24) is 4.83 Å². The highest BCUT2D eigenvalue weighted by molar-refractivity contribution is 7.83. The van der Waals surface area contributed by atoms with Crippen molar-refractivity contribution in [3.63, 3.8) is 0 Å². The van der Waals surface area contributed by atoms with E-state index in [1.807, 2.05) is 0 Å². The van der Waals surface area contributed by atoms with Gasteiger partial charge >= 0.3 is 0 Å². The van der Waals surface area contributed by atoms with E-state index in [1.54, 1.807) is 31.4 Å². The van der Waals surface area contributed by atoms with Crippen LogP contribution < -0.4 is 9.57 Å². The zero-order valence-corrected chi connectivity index (χ0v) is 10.7. The second kappa shape index (κ2) is 5.69. The zero-order chi connectivity index (χ0) is 13.0. The van der Waals surface area contributed by atoms with Crippen LogP contribution in [0.4, 0.5) is 0 Å². The Bertz CT molecular complexity index is 516. The lowest BCUT2D eigenvalue weighted by Gasteiger charge is -2.17. The molecule has 5 nitrogen and oxygen atoms in total. The second-order valence-electron chi connectivity index (χ2n) is 3.95. The van der Waals surface area contributed by atoms with Gasteiger partial charge in [-0.25, -0.2) is 14.3 Å². The highest BCUT2D eigenvalue weighted by Crippen LogP contribution is 2.17. The SMILES string of the molecule is COc1ccc(S(=O)NN=C2CB(C#N)C2)cc1. The fraction of sp³-hybridized carbons (Fsp3) is 0.273. The van der Waals surface area contributed by atoms with E-state index in [1.165, 1.54) is 0 Å². The summed E-state index contributed by atoms with van der Waals surface area (Å²) in [5.74, 6) is 2.89. The summed E-state index contributed by atoms with van der Waals surface area (Å²) in [5.41, 5.74) is 0.892. The van der Waals surface area contributed by atoms with Crippen molar-refractivity contribution in [2.45, 2.75) is 17.5 Å². The number of nitrogens with zero attached hydrogens (tertiary/aromatic N) is 2. The number of methoxy groups -OCH3 is 1. The van der Waals surface area contributed by atoms with Gasteiger partial charge in [-0.2, -0.15) is 5.10 Å². The Hall–Kier alpha value is -1.81. The van der Waals surface area contributed by atoms with Gasteiger partial charge in [0.1, 0.15) is 5.75 Å². The molecule has 92 valence electrons. The minimum Gasteiger partial charge on any atom is -0.497 e. The first-order chi connectivity index (χ1) is 8.72. The molecule has 7 heteroatoms. The molecule has 0 amide bonds. The second-order valence-corrected chi connectivity index (χ2v) is 5.14. The van der Waals surface area contributed by atoms with E-state index in [0.29, 0.717) is 17.5 Å². The summed E-state index contributed by atoms with van der Waals surface area (Å²) in [6, 6.07) is 6.94.